The summed E-state index contributed by atoms with van der Waals surface area (Å²) in [6, 6.07) is 18.8. The van der Waals surface area contributed by atoms with E-state index >= 15 is 0 Å². The first-order valence-electron chi connectivity index (χ1n) is 16.7. The minimum atomic E-state index is -2.08. The van der Waals surface area contributed by atoms with Gasteiger partial charge in [-0.3, -0.25) is 4.79 Å². The molecule has 0 spiro atoms. The van der Waals surface area contributed by atoms with E-state index in [9.17, 15) is 14.4 Å². The molecule has 282 valence electrons. The number of halogens is 3. The summed E-state index contributed by atoms with van der Waals surface area (Å²) < 4.78 is 33.0. The van der Waals surface area contributed by atoms with Crippen LogP contribution in [-0.4, -0.2) is 67.1 Å². The number of carbonyl (C=O) groups excluding carboxylic acids is 3. The van der Waals surface area contributed by atoms with Crippen LogP contribution in [-0.2, 0) is 55.7 Å². The summed E-state index contributed by atoms with van der Waals surface area (Å²) in [4.78, 5) is 38.3. The van der Waals surface area contributed by atoms with Crippen molar-refractivity contribution in [2.75, 3.05) is 6.61 Å². The predicted octanol–water partition coefficient (Wildman–Crippen LogP) is 8.85. The molecule has 51 heavy (non-hydrogen) atoms. The van der Waals surface area contributed by atoms with Crippen molar-refractivity contribution in [1.82, 2.24) is 0 Å². The Kier molecular flexibility index (Phi) is 18.4. The molecule has 0 aliphatic carbocycles. The molecule has 9 nitrogen and oxygen atoms in total. The Morgan fingerprint density at radius 2 is 1.18 bits per heavy atom. The number of hydrogen-bond acceptors (Lipinski definition) is 9. The number of hydrogen-bond donors (Lipinski definition) is 0. The second-order valence-corrected chi connectivity index (χ2v) is 21.0. The maximum absolute atomic E-state index is 13.1. The minimum Gasteiger partial charge on any atom is -0.459 e. The molecule has 0 heterocycles. The zero-order valence-corrected chi connectivity index (χ0v) is 33.9. The highest BCUT2D eigenvalue weighted by atomic mass is 35.6. The molecule has 0 aromatic heterocycles. The largest absolute Gasteiger partial charge is 0.459 e. The molecule has 0 unspecified atom stereocenters. The van der Waals surface area contributed by atoms with Gasteiger partial charge in [0.2, 0.25) is 3.79 Å². The van der Waals surface area contributed by atoms with Crippen LogP contribution in [0.25, 0.3) is 0 Å². The first kappa shape index (κ1) is 44.5. The first-order chi connectivity index (χ1) is 23.8. The van der Waals surface area contributed by atoms with Crippen LogP contribution in [0.4, 0.5) is 0 Å². The lowest BCUT2D eigenvalue weighted by molar-refractivity contribution is -0.156. The lowest BCUT2D eigenvalue weighted by atomic mass is 10.2. The van der Waals surface area contributed by atoms with Crippen molar-refractivity contribution < 1.29 is 42.5 Å². The SMILES string of the molecule is C[C@H](OC(=O)/C=C/[C@@H](OCc1ccccc1)[C@H](C)OC(=O)C[C@H](C)O[Si](C)(C)C(C)(C)C)[C@@H](/C=C/C(=O)OCC(Cl)(Cl)Cl)OCc1ccccc1. The van der Waals surface area contributed by atoms with Gasteiger partial charge >= 0.3 is 17.9 Å². The highest BCUT2D eigenvalue weighted by molar-refractivity contribution is 6.74. The number of ether oxygens (including phenoxy) is 5. The molecule has 0 saturated carbocycles. The molecule has 2 aromatic carbocycles. The summed E-state index contributed by atoms with van der Waals surface area (Å²) in [7, 11) is -2.08. The molecule has 13 heteroatoms. The highest BCUT2D eigenvalue weighted by Crippen LogP contribution is 2.37. The molecule has 0 saturated heterocycles. The first-order valence-corrected chi connectivity index (χ1v) is 20.8. The van der Waals surface area contributed by atoms with Crippen molar-refractivity contribution >= 4 is 61.0 Å². The number of rotatable bonds is 19. The fourth-order valence-corrected chi connectivity index (χ4v) is 5.95. The Morgan fingerprint density at radius 3 is 1.63 bits per heavy atom. The van der Waals surface area contributed by atoms with Gasteiger partial charge in [0, 0.05) is 12.2 Å². The Hall–Kier alpha value is -2.70. The van der Waals surface area contributed by atoms with E-state index in [1.54, 1.807) is 13.8 Å². The van der Waals surface area contributed by atoms with Gasteiger partial charge in [0.15, 0.2) is 8.32 Å². The molecule has 0 fully saturated rings. The number of esters is 3. The van der Waals surface area contributed by atoms with Gasteiger partial charge in [0.05, 0.1) is 25.7 Å². The second-order valence-electron chi connectivity index (χ2n) is 13.7. The third-order valence-corrected chi connectivity index (χ3v) is 13.0. The van der Waals surface area contributed by atoms with Gasteiger partial charge in [-0.25, -0.2) is 9.59 Å². The molecule has 0 amide bonds. The van der Waals surface area contributed by atoms with Gasteiger partial charge in [0.25, 0.3) is 0 Å². The van der Waals surface area contributed by atoms with Gasteiger partial charge in [-0.1, -0.05) is 116 Å². The van der Waals surface area contributed by atoms with Gasteiger partial charge in [-0.15, -0.1) is 0 Å². The molecule has 0 radical (unpaired) electrons. The van der Waals surface area contributed by atoms with E-state index in [0.29, 0.717) is 0 Å². The second kappa shape index (κ2) is 21.1. The maximum Gasteiger partial charge on any atom is 0.330 e. The van der Waals surface area contributed by atoms with Crippen LogP contribution in [0.5, 0.6) is 0 Å². The number of carbonyl (C=O) groups is 3. The zero-order chi connectivity index (χ0) is 38.2. The quantitative estimate of drug-likeness (QED) is 0.0454. The average molecular weight is 786 g/mol. The Bertz CT molecular complexity index is 1420. The van der Waals surface area contributed by atoms with Crippen molar-refractivity contribution in [3.63, 3.8) is 0 Å². The zero-order valence-electron chi connectivity index (χ0n) is 30.6. The monoisotopic (exact) mass is 784 g/mol. The molecular formula is C38H51Cl3O9Si. The van der Waals surface area contributed by atoms with Crippen molar-refractivity contribution in [2.45, 2.75) is 114 Å². The van der Waals surface area contributed by atoms with Crippen molar-refractivity contribution in [2.24, 2.45) is 0 Å². The Labute approximate surface area is 318 Å². The van der Waals surface area contributed by atoms with Gasteiger partial charge in [0.1, 0.15) is 31.0 Å². The van der Waals surface area contributed by atoms with Crippen LogP contribution < -0.4 is 0 Å². The van der Waals surface area contributed by atoms with Crippen LogP contribution in [0.1, 0.15) is 59.1 Å². The lowest BCUT2D eigenvalue weighted by Gasteiger charge is -2.38. The molecule has 2 aromatic rings. The molecule has 0 N–H and O–H groups in total. The summed E-state index contributed by atoms with van der Waals surface area (Å²) in [6.07, 6.45) is 1.76. The van der Waals surface area contributed by atoms with Crippen LogP contribution in [0.2, 0.25) is 18.1 Å². The summed E-state index contributed by atoms with van der Waals surface area (Å²) in [5.74, 6) is -1.91. The molecule has 0 bridgehead atoms. The third-order valence-electron chi connectivity index (χ3n) is 8.09. The van der Waals surface area contributed by atoms with E-state index in [0.717, 1.165) is 17.2 Å². The fraction of sp³-hybridized carbons (Fsp3) is 0.500. The third kappa shape index (κ3) is 18.1. The van der Waals surface area contributed by atoms with E-state index < -0.39 is 61.0 Å². The van der Waals surface area contributed by atoms with E-state index in [2.05, 4.69) is 33.9 Å². The van der Waals surface area contributed by atoms with Crippen LogP contribution in [0.3, 0.4) is 0 Å². The summed E-state index contributed by atoms with van der Waals surface area (Å²) in [6.45, 7) is 15.8. The summed E-state index contributed by atoms with van der Waals surface area (Å²) in [5, 5.41) is -0.00517. The minimum absolute atomic E-state index is 0.00517. The maximum atomic E-state index is 13.1. The van der Waals surface area contributed by atoms with E-state index in [1.165, 1.54) is 18.2 Å². The van der Waals surface area contributed by atoms with Gasteiger partial charge in [-0.05, 0) is 62.2 Å². The number of benzene rings is 2. The number of alkyl halides is 3. The standard InChI is InChI=1S/C38H51Cl3O9Si/c1-27(50-51(7,8)37(4,5)6)23-36(44)49-29(3)33(46-25-31-17-13-10-14-18-31)20-22-35(43)48-28(2)32(45-24-30-15-11-9-12-16-30)19-21-34(42)47-26-38(39,40)41/h9-22,27-29,32-33H,23-26H2,1-8H3/b21-19+,22-20+/t27-,28-,29-,32+,33+/m0/s1. The Morgan fingerprint density at radius 1 is 0.725 bits per heavy atom. The molecule has 5 atom stereocenters. The van der Waals surface area contributed by atoms with E-state index in [-0.39, 0.29) is 30.8 Å². The molecule has 0 aliphatic rings. The van der Waals surface area contributed by atoms with E-state index in [4.69, 9.17) is 62.9 Å². The smallest absolute Gasteiger partial charge is 0.330 e. The average Bonchev–Trinajstić information content (AvgIpc) is 3.03. The van der Waals surface area contributed by atoms with Gasteiger partial charge < -0.3 is 28.1 Å². The van der Waals surface area contributed by atoms with Gasteiger partial charge in [-0.2, -0.15) is 0 Å². The van der Waals surface area contributed by atoms with Crippen molar-refractivity contribution in [1.29, 1.82) is 0 Å². The van der Waals surface area contributed by atoms with Crippen LogP contribution in [0, 0.1) is 0 Å². The van der Waals surface area contributed by atoms with Crippen LogP contribution >= 0.6 is 34.8 Å². The molecule has 0 aliphatic heterocycles. The molecular weight excluding hydrogens is 735 g/mol. The van der Waals surface area contributed by atoms with Crippen LogP contribution in [0.15, 0.2) is 85.0 Å². The summed E-state index contributed by atoms with van der Waals surface area (Å²) >= 11 is 17.0. The topological polar surface area (TPSA) is 107 Å². The predicted molar refractivity (Wildman–Crippen MR) is 203 cm³/mol. The molecule has 2 rings (SSSR count). The summed E-state index contributed by atoms with van der Waals surface area (Å²) in [5.41, 5.74) is 1.77. The normalized spacial score (nSPS) is 15.6. The fourth-order valence-electron chi connectivity index (χ4n) is 4.34. The van der Waals surface area contributed by atoms with Crippen molar-refractivity contribution in [3.05, 3.63) is 96.1 Å². The van der Waals surface area contributed by atoms with Crippen molar-refractivity contribution in [3.8, 4) is 0 Å². The Balaban J connectivity index is 2.14. The van der Waals surface area contributed by atoms with E-state index in [1.807, 2.05) is 67.6 Å². The highest BCUT2D eigenvalue weighted by Gasteiger charge is 2.39. The lowest BCUT2D eigenvalue weighted by Crippen LogP contribution is -2.44.